The van der Waals surface area contributed by atoms with E-state index in [9.17, 15) is 28.0 Å². The number of amides is 2. The molecular formula is C16H14F3N3O3S. The van der Waals surface area contributed by atoms with Crippen molar-refractivity contribution in [2.75, 3.05) is 11.9 Å². The van der Waals surface area contributed by atoms with Gasteiger partial charge in [0.05, 0.1) is 17.5 Å². The van der Waals surface area contributed by atoms with E-state index >= 15 is 0 Å². The average Bonchev–Trinajstić information content (AvgIpc) is 2.62. The summed E-state index contributed by atoms with van der Waals surface area (Å²) in [5.41, 5.74) is -0.540. The first-order valence-corrected chi connectivity index (χ1v) is 8.23. The molecule has 2 aromatic rings. The Balaban J connectivity index is 1.88. The molecule has 2 N–H and O–H groups in total. The van der Waals surface area contributed by atoms with Gasteiger partial charge in [-0.2, -0.15) is 4.73 Å². The van der Waals surface area contributed by atoms with Gasteiger partial charge in [0.15, 0.2) is 23.6 Å². The zero-order valence-electron chi connectivity index (χ0n) is 13.5. The number of nitrogens with one attached hydrogen (secondary N) is 2. The summed E-state index contributed by atoms with van der Waals surface area (Å²) in [4.78, 5) is 23.7. The van der Waals surface area contributed by atoms with Gasteiger partial charge in [0.25, 0.3) is 5.03 Å². The van der Waals surface area contributed by atoms with E-state index in [1.807, 2.05) is 5.32 Å². The van der Waals surface area contributed by atoms with Gasteiger partial charge >= 0.3 is 0 Å². The van der Waals surface area contributed by atoms with Crippen molar-refractivity contribution < 1.29 is 27.5 Å². The van der Waals surface area contributed by atoms with Crippen LogP contribution in [0.1, 0.15) is 6.92 Å². The summed E-state index contributed by atoms with van der Waals surface area (Å²) in [6, 6.07) is 6.27. The molecule has 1 aromatic heterocycles. The number of nitrogens with zero attached hydrogens (tertiary/aromatic N) is 1. The van der Waals surface area contributed by atoms with Crippen molar-refractivity contribution in [3.63, 3.8) is 0 Å². The molecule has 2 amide bonds. The summed E-state index contributed by atoms with van der Waals surface area (Å²) in [5, 5.41) is 15.5. The van der Waals surface area contributed by atoms with Crippen LogP contribution in [0.4, 0.5) is 18.9 Å². The number of pyridine rings is 1. The molecule has 0 spiro atoms. The summed E-state index contributed by atoms with van der Waals surface area (Å²) >= 11 is 0.995. The number of aromatic nitrogens is 1. The van der Waals surface area contributed by atoms with E-state index in [0.29, 0.717) is 15.8 Å². The minimum Gasteiger partial charge on any atom is -0.618 e. The first-order chi connectivity index (χ1) is 12.3. The molecule has 26 heavy (non-hydrogen) atoms. The Morgan fingerprint density at radius 1 is 1.19 bits per heavy atom. The molecule has 1 unspecified atom stereocenters. The SMILES string of the molecule is CC(Sc1cccc[n+]1[O-])C(=O)NCC(=O)Nc1ccc(F)c(F)c1F. The molecule has 10 heteroatoms. The van der Waals surface area contributed by atoms with Crippen molar-refractivity contribution in [2.45, 2.75) is 17.2 Å². The fourth-order valence-electron chi connectivity index (χ4n) is 1.87. The molecule has 1 heterocycles. The average molecular weight is 385 g/mol. The molecule has 1 aromatic carbocycles. The summed E-state index contributed by atoms with van der Waals surface area (Å²) in [7, 11) is 0. The topological polar surface area (TPSA) is 85.1 Å². The fourth-order valence-corrected chi connectivity index (χ4v) is 2.74. The molecule has 0 bridgehead atoms. The maximum Gasteiger partial charge on any atom is 0.252 e. The molecular weight excluding hydrogens is 371 g/mol. The Morgan fingerprint density at radius 3 is 2.62 bits per heavy atom. The van der Waals surface area contributed by atoms with E-state index in [1.165, 1.54) is 6.20 Å². The zero-order valence-corrected chi connectivity index (χ0v) is 14.3. The number of halogens is 3. The predicted octanol–water partition coefficient (Wildman–Crippen LogP) is 1.97. The Kier molecular flexibility index (Phi) is 6.45. The van der Waals surface area contributed by atoms with Crippen LogP contribution in [-0.2, 0) is 9.59 Å². The first kappa shape index (κ1) is 19.6. The van der Waals surface area contributed by atoms with Crippen LogP contribution in [-0.4, -0.2) is 23.6 Å². The van der Waals surface area contributed by atoms with Crippen molar-refractivity contribution >= 4 is 29.3 Å². The lowest BCUT2D eigenvalue weighted by molar-refractivity contribution is -0.645. The van der Waals surface area contributed by atoms with Crippen LogP contribution in [0.2, 0.25) is 0 Å². The lowest BCUT2D eigenvalue weighted by Crippen LogP contribution is -2.38. The third-order valence-corrected chi connectivity index (χ3v) is 4.31. The van der Waals surface area contributed by atoms with Gasteiger partial charge < -0.3 is 15.8 Å². The summed E-state index contributed by atoms with van der Waals surface area (Å²) in [5.74, 6) is -5.96. The van der Waals surface area contributed by atoms with Crippen LogP contribution in [0.3, 0.4) is 0 Å². The van der Waals surface area contributed by atoms with Crippen LogP contribution >= 0.6 is 11.8 Å². The third kappa shape index (κ3) is 4.88. The van der Waals surface area contributed by atoms with Gasteiger partial charge in [-0.25, -0.2) is 13.2 Å². The smallest absolute Gasteiger partial charge is 0.252 e. The number of thioether (sulfide) groups is 1. The molecule has 0 aliphatic rings. The monoisotopic (exact) mass is 385 g/mol. The highest BCUT2D eigenvalue weighted by atomic mass is 32.2. The standard InChI is InChI=1S/C16H14F3N3O3S/c1-9(26-13-4-2-3-7-22(13)25)16(24)20-8-12(23)21-11-6-5-10(17)14(18)15(11)19/h2-7,9H,8H2,1H3,(H,20,24)(H,21,23). The second-order valence-corrected chi connectivity index (χ2v) is 6.47. The minimum atomic E-state index is -1.70. The van der Waals surface area contributed by atoms with Crippen LogP contribution in [0.5, 0.6) is 0 Å². The number of anilines is 1. The second-order valence-electron chi connectivity index (χ2n) is 5.11. The van der Waals surface area contributed by atoms with Crippen LogP contribution in [0.25, 0.3) is 0 Å². The third-order valence-electron chi connectivity index (χ3n) is 3.19. The summed E-state index contributed by atoms with van der Waals surface area (Å²) in [6.45, 7) is 1.04. The Hall–Kier alpha value is -2.75. The quantitative estimate of drug-likeness (QED) is 0.345. The van der Waals surface area contributed by atoms with Crippen LogP contribution in [0.15, 0.2) is 41.6 Å². The zero-order chi connectivity index (χ0) is 19.3. The number of benzene rings is 1. The number of carbonyl (C=O) groups is 2. The highest BCUT2D eigenvalue weighted by molar-refractivity contribution is 8.00. The van der Waals surface area contributed by atoms with Gasteiger partial charge in [0.1, 0.15) is 0 Å². The lowest BCUT2D eigenvalue weighted by atomic mass is 10.2. The van der Waals surface area contributed by atoms with Crippen LogP contribution in [0, 0.1) is 22.7 Å². The summed E-state index contributed by atoms with van der Waals surface area (Å²) in [6.07, 6.45) is 1.29. The highest BCUT2D eigenvalue weighted by Gasteiger charge is 2.20. The van der Waals surface area contributed by atoms with Gasteiger partial charge in [0, 0.05) is 12.1 Å². The van der Waals surface area contributed by atoms with Gasteiger partial charge in [-0.3, -0.25) is 9.59 Å². The molecule has 1 atom stereocenters. The first-order valence-electron chi connectivity index (χ1n) is 7.35. The van der Waals surface area contributed by atoms with E-state index in [0.717, 1.165) is 17.8 Å². The van der Waals surface area contributed by atoms with Gasteiger partial charge in [0.2, 0.25) is 11.8 Å². The molecule has 0 fully saturated rings. The van der Waals surface area contributed by atoms with Crippen molar-refractivity contribution in [1.29, 1.82) is 0 Å². The Labute approximate surface area is 151 Å². The number of rotatable bonds is 6. The summed E-state index contributed by atoms with van der Waals surface area (Å²) < 4.78 is 40.0. The number of hydrogen-bond acceptors (Lipinski definition) is 4. The maximum atomic E-state index is 13.5. The van der Waals surface area contributed by atoms with Gasteiger partial charge in [-0.05, 0) is 36.9 Å². The number of carbonyl (C=O) groups excluding carboxylic acids is 2. The fraction of sp³-hybridized carbons (Fsp3) is 0.188. The molecule has 2 rings (SSSR count). The molecule has 0 aliphatic heterocycles. The lowest BCUT2D eigenvalue weighted by Gasteiger charge is -2.12. The molecule has 138 valence electrons. The normalized spacial score (nSPS) is 11.7. The molecule has 0 saturated heterocycles. The molecule has 6 nitrogen and oxygen atoms in total. The largest absolute Gasteiger partial charge is 0.618 e. The molecule has 0 saturated carbocycles. The van der Waals surface area contributed by atoms with Crippen molar-refractivity contribution in [1.82, 2.24) is 5.32 Å². The molecule has 0 radical (unpaired) electrons. The van der Waals surface area contributed by atoms with E-state index in [2.05, 4.69) is 5.32 Å². The minimum absolute atomic E-state index is 0.309. The highest BCUT2D eigenvalue weighted by Crippen LogP contribution is 2.20. The van der Waals surface area contributed by atoms with Gasteiger partial charge in [-0.1, -0.05) is 0 Å². The Bertz CT molecular complexity index is 836. The molecule has 0 aliphatic carbocycles. The van der Waals surface area contributed by atoms with E-state index in [4.69, 9.17) is 0 Å². The van der Waals surface area contributed by atoms with Crippen molar-refractivity contribution in [3.8, 4) is 0 Å². The van der Waals surface area contributed by atoms with E-state index in [1.54, 1.807) is 25.1 Å². The predicted molar refractivity (Wildman–Crippen MR) is 88.7 cm³/mol. The second kappa shape index (κ2) is 8.56. The maximum absolute atomic E-state index is 13.5. The Morgan fingerprint density at radius 2 is 1.92 bits per heavy atom. The number of hydrogen-bond donors (Lipinski definition) is 2. The van der Waals surface area contributed by atoms with Crippen molar-refractivity contribution in [2.24, 2.45) is 0 Å². The van der Waals surface area contributed by atoms with E-state index < -0.39 is 46.7 Å². The van der Waals surface area contributed by atoms with Crippen molar-refractivity contribution in [3.05, 3.63) is 59.2 Å². The van der Waals surface area contributed by atoms with E-state index in [-0.39, 0.29) is 0 Å². The van der Waals surface area contributed by atoms with Gasteiger partial charge in [-0.15, -0.1) is 0 Å². The van der Waals surface area contributed by atoms with Crippen LogP contribution < -0.4 is 15.4 Å².